The van der Waals surface area contributed by atoms with Gasteiger partial charge >= 0.3 is 0 Å². The predicted molar refractivity (Wildman–Crippen MR) is 77.7 cm³/mol. The summed E-state index contributed by atoms with van der Waals surface area (Å²) in [5.74, 6) is 1.82. The Hall–Kier alpha value is -1.94. The number of hydrogen-bond acceptors (Lipinski definition) is 4. The van der Waals surface area contributed by atoms with Crippen molar-refractivity contribution in [1.29, 1.82) is 0 Å². The van der Waals surface area contributed by atoms with Crippen molar-refractivity contribution >= 4 is 0 Å². The smallest absolute Gasteiger partial charge is 0.216 e. The third-order valence-electron chi connectivity index (χ3n) is 4.00. The molecule has 1 aromatic heterocycles. The number of rotatable bonds is 5. The van der Waals surface area contributed by atoms with Gasteiger partial charge in [0.2, 0.25) is 5.88 Å². The number of hydrogen-bond donors (Lipinski definition) is 1. The van der Waals surface area contributed by atoms with Crippen LogP contribution in [0.15, 0.2) is 42.7 Å². The van der Waals surface area contributed by atoms with Crippen LogP contribution in [0, 0.1) is 5.92 Å². The van der Waals surface area contributed by atoms with E-state index in [1.807, 2.05) is 13.1 Å². The zero-order valence-corrected chi connectivity index (χ0v) is 11.8. The fourth-order valence-electron chi connectivity index (χ4n) is 2.88. The molecule has 1 aromatic carbocycles. The van der Waals surface area contributed by atoms with E-state index in [4.69, 9.17) is 4.74 Å². The second-order valence-electron chi connectivity index (χ2n) is 5.17. The van der Waals surface area contributed by atoms with Gasteiger partial charge in [-0.15, -0.1) is 0 Å². The summed E-state index contributed by atoms with van der Waals surface area (Å²) in [6, 6.07) is 12.8. The predicted octanol–water partition coefficient (Wildman–Crippen LogP) is 2.55. The van der Waals surface area contributed by atoms with Crippen LogP contribution in [0.1, 0.15) is 29.6 Å². The zero-order chi connectivity index (χ0) is 13.9. The quantitative estimate of drug-likeness (QED) is 0.906. The van der Waals surface area contributed by atoms with Crippen molar-refractivity contribution in [3.8, 4) is 5.88 Å². The Labute approximate surface area is 119 Å². The summed E-state index contributed by atoms with van der Waals surface area (Å²) in [6.45, 7) is 0. The average Bonchev–Trinajstić information content (AvgIpc) is 3.30. The number of methoxy groups -OCH3 is 1. The first-order valence-electron chi connectivity index (χ1n) is 6.91. The van der Waals surface area contributed by atoms with E-state index in [0.717, 1.165) is 5.69 Å². The van der Waals surface area contributed by atoms with E-state index >= 15 is 0 Å². The molecular weight excluding hydrogens is 250 g/mol. The van der Waals surface area contributed by atoms with Gasteiger partial charge in [0.1, 0.15) is 6.33 Å². The van der Waals surface area contributed by atoms with Gasteiger partial charge in [-0.1, -0.05) is 30.3 Å². The molecule has 0 spiro atoms. The Kier molecular flexibility index (Phi) is 3.65. The number of aromatic nitrogens is 2. The molecule has 0 aliphatic heterocycles. The summed E-state index contributed by atoms with van der Waals surface area (Å²) in [6.07, 6.45) is 2.76. The van der Waals surface area contributed by atoms with Crippen molar-refractivity contribution in [3.05, 3.63) is 54.0 Å². The number of nitrogens with one attached hydrogen (secondary N) is 1. The molecule has 3 atom stereocenters. The first-order valence-corrected chi connectivity index (χ1v) is 6.91. The Balaban J connectivity index is 1.78. The SMILES string of the molecule is CNC(c1cc(OC)ncn1)C1CC1c1ccccc1. The van der Waals surface area contributed by atoms with E-state index in [0.29, 0.717) is 17.7 Å². The van der Waals surface area contributed by atoms with Crippen molar-refractivity contribution in [3.63, 3.8) is 0 Å². The zero-order valence-electron chi connectivity index (χ0n) is 11.8. The summed E-state index contributed by atoms with van der Waals surface area (Å²) >= 11 is 0. The first kappa shape index (κ1) is 13.1. The molecule has 1 aliphatic rings. The molecule has 1 N–H and O–H groups in total. The molecule has 3 unspecified atom stereocenters. The molecule has 1 saturated carbocycles. The molecule has 2 aromatic rings. The molecule has 0 saturated heterocycles. The van der Waals surface area contributed by atoms with Crippen molar-refractivity contribution in [2.75, 3.05) is 14.2 Å². The largest absolute Gasteiger partial charge is 0.481 e. The second kappa shape index (κ2) is 5.59. The highest BCUT2D eigenvalue weighted by molar-refractivity contribution is 5.29. The van der Waals surface area contributed by atoms with Crippen LogP contribution in [0.4, 0.5) is 0 Å². The maximum absolute atomic E-state index is 5.18. The lowest BCUT2D eigenvalue weighted by Gasteiger charge is -2.16. The van der Waals surface area contributed by atoms with Crippen LogP contribution in [-0.4, -0.2) is 24.1 Å². The van der Waals surface area contributed by atoms with Crippen LogP contribution >= 0.6 is 0 Å². The molecule has 1 aliphatic carbocycles. The van der Waals surface area contributed by atoms with Crippen molar-refractivity contribution in [2.45, 2.75) is 18.4 Å². The maximum atomic E-state index is 5.18. The minimum Gasteiger partial charge on any atom is -0.481 e. The molecule has 1 fully saturated rings. The van der Waals surface area contributed by atoms with Crippen LogP contribution < -0.4 is 10.1 Å². The molecule has 0 amide bonds. The van der Waals surface area contributed by atoms with Crippen LogP contribution in [0.2, 0.25) is 0 Å². The van der Waals surface area contributed by atoms with E-state index in [1.54, 1.807) is 13.4 Å². The average molecular weight is 269 g/mol. The standard InChI is InChI=1S/C16H19N3O/c1-17-16(14-9-15(20-2)19-10-18-14)13-8-12(13)11-6-4-3-5-7-11/h3-7,9-10,12-13,16-17H,8H2,1-2H3. The first-order chi connectivity index (χ1) is 9.83. The minimum absolute atomic E-state index is 0.247. The Bertz CT molecular complexity index is 573. The molecule has 4 nitrogen and oxygen atoms in total. The topological polar surface area (TPSA) is 47.0 Å². The van der Waals surface area contributed by atoms with E-state index in [9.17, 15) is 0 Å². The van der Waals surface area contributed by atoms with Gasteiger partial charge in [0.25, 0.3) is 0 Å². The number of benzene rings is 1. The van der Waals surface area contributed by atoms with Gasteiger partial charge in [0.15, 0.2) is 0 Å². The van der Waals surface area contributed by atoms with E-state index < -0.39 is 0 Å². The van der Waals surface area contributed by atoms with Crippen molar-refractivity contribution < 1.29 is 4.74 Å². The van der Waals surface area contributed by atoms with Crippen molar-refractivity contribution in [2.24, 2.45) is 5.92 Å². The summed E-state index contributed by atoms with van der Waals surface area (Å²) < 4.78 is 5.18. The summed E-state index contributed by atoms with van der Waals surface area (Å²) in [4.78, 5) is 8.46. The van der Waals surface area contributed by atoms with E-state index in [1.165, 1.54) is 12.0 Å². The molecule has 0 radical (unpaired) electrons. The van der Waals surface area contributed by atoms with Gasteiger partial charge in [-0.25, -0.2) is 9.97 Å². The Morgan fingerprint density at radius 3 is 2.75 bits per heavy atom. The molecule has 104 valence electrons. The van der Waals surface area contributed by atoms with Gasteiger partial charge < -0.3 is 10.1 Å². The lowest BCUT2D eigenvalue weighted by molar-refractivity contribution is 0.393. The third-order valence-corrected chi connectivity index (χ3v) is 4.00. The minimum atomic E-state index is 0.247. The van der Waals surface area contributed by atoms with E-state index in [-0.39, 0.29) is 6.04 Å². The molecule has 1 heterocycles. The number of nitrogens with zero attached hydrogens (tertiary/aromatic N) is 2. The Morgan fingerprint density at radius 1 is 1.25 bits per heavy atom. The van der Waals surface area contributed by atoms with Crippen LogP contribution in [-0.2, 0) is 0 Å². The fourth-order valence-corrected chi connectivity index (χ4v) is 2.88. The highest BCUT2D eigenvalue weighted by atomic mass is 16.5. The van der Waals surface area contributed by atoms with Crippen LogP contribution in [0.25, 0.3) is 0 Å². The molecule has 3 rings (SSSR count). The normalized spacial score (nSPS) is 22.3. The van der Waals surface area contributed by atoms with Gasteiger partial charge in [0, 0.05) is 6.07 Å². The summed E-state index contributed by atoms with van der Waals surface area (Å²) in [5.41, 5.74) is 2.42. The van der Waals surface area contributed by atoms with Gasteiger partial charge in [-0.3, -0.25) is 0 Å². The number of ether oxygens (including phenoxy) is 1. The van der Waals surface area contributed by atoms with Crippen molar-refractivity contribution in [1.82, 2.24) is 15.3 Å². The van der Waals surface area contributed by atoms with E-state index in [2.05, 4.69) is 45.6 Å². The monoisotopic (exact) mass is 269 g/mol. The highest BCUT2D eigenvalue weighted by Crippen LogP contribution is 2.53. The lowest BCUT2D eigenvalue weighted by Crippen LogP contribution is -2.20. The van der Waals surface area contributed by atoms with Gasteiger partial charge in [-0.2, -0.15) is 0 Å². The molecule has 4 heteroatoms. The van der Waals surface area contributed by atoms with Crippen LogP contribution in [0.5, 0.6) is 5.88 Å². The molecular formula is C16H19N3O. The highest BCUT2D eigenvalue weighted by Gasteiger charge is 2.44. The second-order valence-corrected chi connectivity index (χ2v) is 5.17. The third kappa shape index (κ3) is 2.51. The van der Waals surface area contributed by atoms with Gasteiger partial charge in [-0.05, 0) is 30.9 Å². The summed E-state index contributed by atoms with van der Waals surface area (Å²) in [5, 5.41) is 3.39. The Morgan fingerprint density at radius 2 is 2.05 bits per heavy atom. The lowest BCUT2D eigenvalue weighted by atomic mass is 10.0. The summed E-state index contributed by atoms with van der Waals surface area (Å²) in [7, 11) is 3.62. The van der Waals surface area contributed by atoms with Crippen LogP contribution in [0.3, 0.4) is 0 Å². The maximum Gasteiger partial charge on any atom is 0.216 e. The molecule has 20 heavy (non-hydrogen) atoms. The fraction of sp³-hybridized carbons (Fsp3) is 0.375. The molecule has 0 bridgehead atoms. The van der Waals surface area contributed by atoms with Gasteiger partial charge in [0.05, 0.1) is 18.8 Å².